The lowest BCUT2D eigenvalue weighted by Crippen LogP contribution is -2.35. The van der Waals surface area contributed by atoms with Gasteiger partial charge in [-0.3, -0.25) is 4.90 Å². The minimum atomic E-state index is -1.15. The van der Waals surface area contributed by atoms with Gasteiger partial charge in [-0.2, -0.15) is 0 Å². The topological polar surface area (TPSA) is 93.1 Å². The zero-order chi connectivity index (χ0) is 17.4. The normalized spacial score (nSPS) is 13.5. The Hall–Kier alpha value is -2.57. The quantitative estimate of drug-likeness (QED) is 0.841. The monoisotopic (exact) mass is 321 g/mol. The number of benzene rings is 1. The largest absolute Gasteiger partial charge is 0.478 e. The Morgan fingerprint density at radius 2 is 1.87 bits per heavy atom. The van der Waals surface area contributed by atoms with E-state index >= 15 is 0 Å². The van der Waals surface area contributed by atoms with Crippen LogP contribution in [0.2, 0.25) is 0 Å². The highest BCUT2D eigenvalue weighted by atomic mass is 16.6. The van der Waals surface area contributed by atoms with Gasteiger partial charge >= 0.3 is 18.0 Å². The second-order valence-corrected chi connectivity index (χ2v) is 6.20. The maximum Gasteiger partial charge on any atom is 0.414 e. The summed E-state index contributed by atoms with van der Waals surface area (Å²) in [7, 11) is 1.21. The van der Waals surface area contributed by atoms with Crippen LogP contribution in [0, 0.1) is 0 Å². The minimum absolute atomic E-state index is 0.00559. The third-order valence-corrected chi connectivity index (χ3v) is 3.37. The van der Waals surface area contributed by atoms with Crippen LogP contribution in [0.15, 0.2) is 12.1 Å². The van der Waals surface area contributed by atoms with Crippen molar-refractivity contribution >= 4 is 23.7 Å². The van der Waals surface area contributed by atoms with Crippen LogP contribution in [-0.2, 0) is 15.9 Å². The molecule has 124 valence electrons. The fraction of sp³-hybridized carbons (Fsp3) is 0.438. The highest BCUT2D eigenvalue weighted by Crippen LogP contribution is 2.33. The molecule has 0 saturated carbocycles. The van der Waals surface area contributed by atoms with Crippen molar-refractivity contribution in [3.05, 3.63) is 28.8 Å². The van der Waals surface area contributed by atoms with E-state index in [4.69, 9.17) is 4.74 Å². The van der Waals surface area contributed by atoms with Crippen LogP contribution in [0.1, 0.15) is 47.1 Å². The molecule has 0 radical (unpaired) electrons. The maximum atomic E-state index is 12.3. The number of carboxylic acids is 1. The van der Waals surface area contributed by atoms with Crippen LogP contribution < -0.4 is 4.90 Å². The number of hydrogen-bond donors (Lipinski definition) is 1. The number of carbonyl (C=O) groups is 3. The molecule has 0 spiro atoms. The van der Waals surface area contributed by atoms with Gasteiger partial charge < -0.3 is 14.6 Å². The lowest BCUT2D eigenvalue weighted by atomic mass is 10.0. The minimum Gasteiger partial charge on any atom is -0.478 e. The maximum absolute atomic E-state index is 12.3. The van der Waals surface area contributed by atoms with Gasteiger partial charge in [-0.15, -0.1) is 0 Å². The Balaban J connectivity index is 2.48. The molecule has 1 aromatic rings. The van der Waals surface area contributed by atoms with Crippen molar-refractivity contribution in [2.45, 2.75) is 32.8 Å². The number of rotatable bonds is 2. The number of aromatic carboxylic acids is 1. The van der Waals surface area contributed by atoms with Crippen LogP contribution >= 0.6 is 0 Å². The van der Waals surface area contributed by atoms with Crippen molar-refractivity contribution in [3.8, 4) is 0 Å². The summed E-state index contributed by atoms with van der Waals surface area (Å²) in [5.74, 6) is -1.82. The Bertz CT molecular complexity index is 674. The van der Waals surface area contributed by atoms with Gasteiger partial charge in [-0.1, -0.05) is 0 Å². The summed E-state index contributed by atoms with van der Waals surface area (Å²) < 4.78 is 9.97. The van der Waals surface area contributed by atoms with Crippen LogP contribution in [0.5, 0.6) is 0 Å². The molecule has 0 aromatic heterocycles. The Kier molecular flexibility index (Phi) is 4.31. The predicted molar refractivity (Wildman–Crippen MR) is 82.0 cm³/mol. The molecule has 7 nitrogen and oxygen atoms in total. The molecule has 0 unspecified atom stereocenters. The number of anilines is 1. The lowest BCUT2D eigenvalue weighted by molar-refractivity contribution is 0.0575. The third-order valence-electron chi connectivity index (χ3n) is 3.37. The molecular weight excluding hydrogens is 302 g/mol. The van der Waals surface area contributed by atoms with Crippen LogP contribution in [0.25, 0.3) is 0 Å². The number of amides is 1. The summed E-state index contributed by atoms with van der Waals surface area (Å²) in [5, 5.41) is 9.35. The molecule has 1 aliphatic heterocycles. The fourth-order valence-electron chi connectivity index (χ4n) is 2.44. The van der Waals surface area contributed by atoms with Gasteiger partial charge in [0.15, 0.2) is 0 Å². The first kappa shape index (κ1) is 16.8. The molecule has 0 saturated heterocycles. The summed E-state index contributed by atoms with van der Waals surface area (Å²) in [6, 6.07) is 2.73. The zero-order valence-corrected chi connectivity index (χ0v) is 13.5. The molecule has 1 aromatic carbocycles. The van der Waals surface area contributed by atoms with E-state index in [-0.39, 0.29) is 11.1 Å². The van der Waals surface area contributed by atoms with Crippen molar-refractivity contribution in [3.63, 3.8) is 0 Å². The van der Waals surface area contributed by atoms with Gasteiger partial charge in [0.25, 0.3) is 0 Å². The number of ether oxygens (including phenoxy) is 2. The molecule has 0 bridgehead atoms. The molecule has 0 fully saturated rings. The number of hydrogen-bond acceptors (Lipinski definition) is 5. The van der Waals surface area contributed by atoms with Crippen molar-refractivity contribution in [2.75, 3.05) is 18.6 Å². The van der Waals surface area contributed by atoms with Crippen LogP contribution in [0.3, 0.4) is 0 Å². The standard InChI is InChI=1S/C16H19NO6/c1-16(2,3)23-15(21)17-6-5-10-11(13(18)19)7-9(8-12(10)17)14(20)22-4/h7-8H,5-6H2,1-4H3,(H,18,19). The Morgan fingerprint density at radius 1 is 1.22 bits per heavy atom. The van der Waals surface area contributed by atoms with Crippen molar-refractivity contribution in [1.82, 2.24) is 0 Å². The first-order chi connectivity index (χ1) is 10.6. The van der Waals surface area contributed by atoms with E-state index in [1.165, 1.54) is 24.1 Å². The van der Waals surface area contributed by atoms with Crippen LogP contribution in [-0.4, -0.2) is 42.4 Å². The number of methoxy groups -OCH3 is 1. The second-order valence-electron chi connectivity index (χ2n) is 6.20. The third kappa shape index (κ3) is 3.44. The van der Waals surface area contributed by atoms with E-state index < -0.39 is 23.6 Å². The predicted octanol–water partition coefficient (Wildman–Crippen LogP) is 2.47. The number of carbonyl (C=O) groups excluding carboxylic acids is 2. The van der Waals surface area contributed by atoms with E-state index in [0.29, 0.717) is 24.2 Å². The highest BCUT2D eigenvalue weighted by molar-refractivity contribution is 6.01. The molecule has 1 heterocycles. The Labute approximate surface area is 133 Å². The van der Waals surface area contributed by atoms with Gasteiger partial charge in [-0.05, 0) is 44.9 Å². The average Bonchev–Trinajstić information content (AvgIpc) is 2.87. The smallest absolute Gasteiger partial charge is 0.414 e. The first-order valence-corrected chi connectivity index (χ1v) is 7.13. The summed E-state index contributed by atoms with van der Waals surface area (Å²) in [5.41, 5.74) is 0.290. The molecule has 1 amide bonds. The average molecular weight is 321 g/mol. The second kappa shape index (κ2) is 5.91. The van der Waals surface area contributed by atoms with Crippen molar-refractivity contribution < 1.29 is 29.0 Å². The number of fused-ring (bicyclic) bond motifs is 1. The van der Waals surface area contributed by atoms with E-state index in [2.05, 4.69) is 4.74 Å². The van der Waals surface area contributed by atoms with Crippen LogP contribution in [0.4, 0.5) is 10.5 Å². The zero-order valence-electron chi connectivity index (χ0n) is 13.5. The number of esters is 1. The number of carboxylic acid groups (broad SMARTS) is 1. The molecule has 0 atom stereocenters. The lowest BCUT2D eigenvalue weighted by Gasteiger charge is -2.25. The summed E-state index contributed by atoms with van der Waals surface area (Å²) >= 11 is 0. The molecule has 0 aliphatic carbocycles. The highest BCUT2D eigenvalue weighted by Gasteiger charge is 2.32. The van der Waals surface area contributed by atoms with Gasteiger partial charge in [-0.25, -0.2) is 14.4 Å². The first-order valence-electron chi connectivity index (χ1n) is 7.13. The SMILES string of the molecule is COC(=O)c1cc(C(=O)O)c2c(c1)N(C(=O)OC(C)(C)C)CC2. The van der Waals surface area contributed by atoms with E-state index in [1.807, 2.05) is 0 Å². The molecule has 2 rings (SSSR count). The van der Waals surface area contributed by atoms with Gasteiger partial charge in [0.05, 0.1) is 23.9 Å². The summed E-state index contributed by atoms with van der Waals surface area (Å²) in [6.45, 7) is 5.54. The molecule has 1 aliphatic rings. The summed E-state index contributed by atoms with van der Waals surface area (Å²) in [6.07, 6.45) is -0.188. The van der Waals surface area contributed by atoms with Gasteiger partial charge in [0.1, 0.15) is 5.60 Å². The van der Waals surface area contributed by atoms with Crippen molar-refractivity contribution in [2.24, 2.45) is 0 Å². The molecule has 23 heavy (non-hydrogen) atoms. The summed E-state index contributed by atoms with van der Waals surface area (Å²) in [4.78, 5) is 36.8. The Morgan fingerprint density at radius 3 is 2.39 bits per heavy atom. The molecular formula is C16H19NO6. The van der Waals surface area contributed by atoms with Crippen molar-refractivity contribution in [1.29, 1.82) is 0 Å². The number of nitrogens with zero attached hydrogens (tertiary/aromatic N) is 1. The molecule has 7 heteroatoms. The van der Waals surface area contributed by atoms with Gasteiger partial charge in [0, 0.05) is 6.54 Å². The van der Waals surface area contributed by atoms with E-state index in [9.17, 15) is 19.5 Å². The molecule has 1 N–H and O–H groups in total. The van der Waals surface area contributed by atoms with E-state index in [1.54, 1.807) is 20.8 Å². The van der Waals surface area contributed by atoms with Gasteiger partial charge in [0.2, 0.25) is 0 Å². The van der Waals surface area contributed by atoms with E-state index in [0.717, 1.165) is 0 Å². The fourth-order valence-corrected chi connectivity index (χ4v) is 2.44.